The van der Waals surface area contributed by atoms with Gasteiger partial charge in [0.15, 0.2) is 0 Å². The first-order valence-electron chi connectivity index (χ1n) is 10.5. The number of aryl methyl sites for hydroxylation is 1. The smallest absolute Gasteiger partial charge is 0.338 e. The highest BCUT2D eigenvalue weighted by molar-refractivity contribution is 6.42. The molecule has 0 saturated carbocycles. The Hall–Kier alpha value is -1.75. The maximum atomic E-state index is 12.1. The van der Waals surface area contributed by atoms with Gasteiger partial charge >= 0.3 is 5.97 Å². The van der Waals surface area contributed by atoms with Crippen molar-refractivity contribution in [3.05, 3.63) is 63.1 Å². The van der Waals surface area contributed by atoms with Crippen LogP contribution in [-0.4, -0.2) is 43.7 Å². The van der Waals surface area contributed by atoms with Crippen molar-refractivity contribution in [2.75, 3.05) is 26.8 Å². The normalized spacial score (nSPS) is 15.7. The highest BCUT2D eigenvalue weighted by atomic mass is 35.5. The maximum Gasteiger partial charge on any atom is 0.338 e. The molecule has 3 rings (SSSR count). The number of likely N-dealkylation sites (N-methyl/N-ethyl adjacent to an activating group) is 1. The van der Waals surface area contributed by atoms with Gasteiger partial charge in [0, 0.05) is 6.04 Å². The van der Waals surface area contributed by atoms with Crippen molar-refractivity contribution >= 4 is 29.2 Å². The summed E-state index contributed by atoms with van der Waals surface area (Å²) in [6, 6.07) is 11.8. The van der Waals surface area contributed by atoms with Gasteiger partial charge in [-0.05, 0) is 86.7 Å². The molecule has 1 unspecified atom stereocenters. The van der Waals surface area contributed by atoms with E-state index in [2.05, 4.69) is 30.0 Å². The Morgan fingerprint density at radius 3 is 2.67 bits per heavy atom. The molecule has 1 aliphatic rings. The Kier molecular flexibility index (Phi) is 8.43. The Bertz CT molecular complexity index is 872. The van der Waals surface area contributed by atoms with Gasteiger partial charge < -0.3 is 14.4 Å². The van der Waals surface area contributed by atoms with Crippen LogP contribution in [0.4, 0.5) is 0 Å². The van der Waals surface area contributed by atoms with Gasteiger partial charge in [-0.3, -0.25) is 0 Å². The SMILES string of the molecule is CCN(CCCCOC(=O)c1ccc(Cl)c(Cl)c1)C1CCc2cc(OC)ccc2C1. The van der Waals surface area contributed by atoms with Crippen LogP contribution in [0.5, 0.6) is 5.75 Å². The zero-order valence-corrected chi connectivity index (χ0v) is 19.1. The quantitative estimate of drug-likeness (QED) is 0.357. The van der Waals surface area contributed by atoms with E-state index < -0.39 is 0 Å². The van der Waals surface area contributed by atoms with E-state index in [9.17, 15) is 4.79 Å². The lowest BCUT2D eigenvalue weighted by atomic mass is 9.87. The Morgan fingerprint density at radius 1 is 1.10 bits per heavy atom. The molecule has 0 bridgehead atoms. The predicted molar refractivity (Wildman–Crippen MR) is 122 cm³/mol. The molecule has 162 valence electrons. The van der Waals surface area contributed by atoms with Crippen molar-refractivity contribution in [1.82, 2.24) is 4.90 Å². The fourth-order valence-corrected chi connectivity index (χ4v) is 4.34. The molecule has 0 radical (unpaired) electrons. The number of fused-ring (bicyclic) bond motifs is 1. The third kappa shape index (κ3) is 5.90. The Balaban J connectivity index is 1.42. The summed E-state index contributed by atoms with van der Waals surface area (Å²) in [5, 5.41) is 0.787. The van der Waals surface area contributed by atoms with Gasteiger partial charge in [0.05, 0.1) is 29.3 Å². The van der Waals surface area contributed by atoms with E-state index in [1.54, 1.807) is 25.3 Å². The average Bonchev–Trinajstić information content (AvgIpc) is 2.77. The molecular formula is C24H29Cl2NO3. The third-order valence-electron chi connectivity index (χ3n) is 5.77. The largest absolute Gasteiger partial charge is 0.497 e. The molecular weight excluding hydrogens is 421 g/mol. The molecule has 0 aromatic heterocycles. The highest BCUT2D eigenvalue weighted by Gasteiger charge is 2.23. The number of rotatable bonds is 9. The molecule has 0 amide bonds. The third-order valence-corrected chi connectivity index (χ3v) is 6.51. The van der Waals surface area contributed by atoms with E-state index in [1.807, 2.05) is 0 Å². The van der Waals surface area contributed by atoms with Crippen LogP contribution in [0.3, 0.4) is 0 Å². The molecule has 30 heavy (non-hydrogen) atoms. The molecule has 1 aliphatic carbocycles. The van der Waals surface area contributed by atoms with Gasteiger partial charge in [0.25, 0.3) is 0 Å². The number of hydrogen-bond donors (Lipinski definition) is 0. The van der Waals surface area contributed by atoms with E-state index >= 15 is 0 Å². The summed E-state index contributed by atoms with van der Waals surface area (Å²) in [6.45, 7) is 4.66. The van der Waals surface area contributed by atoms with Gasteiger partial charge in [0.1, 0.15) is 5.75 Å². The van der Waals surface area contributed by atoms with Crippen molar-refractivity contribution in [3.63, 3.8) is 0 Å². The number of carbonyl (C=O) groups is 1. The molecule has 0 fully saturated rings. The average molecular weight is 450 g/mol. The number of esters is 1. The number of hydrogen-bond acceptors (Lipinski definition) is 4. The van der Waals surface area contributed by atoms with E-state index in [4.69, 9.17) is 32.7 Å². The first-order valence-corrected chi connectivity index (χ1v) is 11.3. The van der Waals surface area contributed by atoms with Crippen LogP contribution in [0.15, 0.2) is 36.4 Å². The molecule has 0 saturated heterocycles. The molecule has 2 aromatic carbocycles. The fraction of sp³-hybridized carbons (Fsp3) is 0.458. The van der Waals surface area contributed by atoms with Crippen molar-refractivity contribution in [3.8, 4) is 5.75 Å². The van der Waals surface area contributed by atoms with Crippen LogP contribution in [0.25, 0.3) is 0 Å². The van der Waals surface area contributed by atoms with Crippen molar-refractivity contribution in [2.45, 2.75) is 45.1 Å². The summed E-state index contributed by atoms with van der Waals surface area (Å²) in [6.07, 6.45) is 5.17. The number of carbonyl (C=O) groups excluding carboxylic acids is 1. The van der Waals surface area contributed by atoms with E-state index in [0.717, 1.165) is 44.5 Å². The van der Waals surface area contributed by atoms with Gasteiger partial charge in [-0.2, -0.15) is 0 Å². The summed E-state index contributed by atoms with van der Waals surface area (Å²) in [4.78, 5) is 14.7. The second-order valence-corrected chi connectivity index (χ2v) is 8.45. The van der Waals surface area contributed by atoms with Crippen molar-refractivity contribution in [2.24, 2.45) is 0 Å². The summed E-state index contributed by atoms with van der Waals surface area (Å²) in [5.41, 5.74) is 3.27. The van der Waals surface area contributed by atoms with Gasteiger partial charge in [-0.1, -0.05) is 36.2 Å². The number of halogens is 2. The second kappa shape index (κ2) is 11.0. The number of nitrogens with zero attached hydrogens (tertiary/aromatic N) is 1. The Labute approximate surface area is 189 Å². The molecule has 4 nitrogen and oxygen atoms in total. The highest BCUT2D eigenvalue weighted by Crippen LogP contribution is 2.28. The topological polar surface area (TPSA) is 38.8 Å². The monoisotopic (exact) mass is 449 g/mol. The lowest BCUT2D eigenvalue weighted by molar-refractivity contribution is 0.0492. The summed E-state index contributed by atoms with van der Waals surface area (Å²) in [7, 11) is 1.72. The van der Waals surface area contributed by atoms with Gasteiger partial charge in [-0.25, -0.2) is 4.79 Å². The zero-order valence-electron chi connectivity index (χ0n) is 17.6. The number of benzene rings is 2. The summed E-state index contributed by atoms with van der Waals surface area (Å²) >= 11 is 11.8. The molecule has 0 N–H and O–H groups in total. The minimum Gasteiger partial charge on any atom is -0.497 e. The van der Waals surface area contributed by atoms with Crippen LogP contribution in [0.1, 0.15) is 47.7 Å². The van der Waals surface area contributed by atoms with Crippen LogP contribution in [0.2, 0.25) is 10.0 Å². The van der Waals surface area contributed by atoms with Crippen LogP contribution in [0, 0.1) is 0 Å². The number of unbranched alkanes of at least 4 members (excludes halogenated alkanes) is 1. The molecule has 0 aliphatic heterocycles. The van der Waals surface area contributed by atoms with Crippen LogP contribution < -0.4 is 4.74 Å². The summed E-state index contributed by atoms with van der Waals surface area (Å²) in [5.74, 6) is 0.579. The van der Waals surface area contributed by atoms with Crippen LogP contribution in [-0.2, 0) is 17.6 Å². The minimum atomic E-state index is -0.361. The van der Waals surface area contributed by atoms with E-state index in [-0.39, 0.29) is 5.97 Å². The Morgan fingerprint density at radius 2 is 1.93 bits per heavy atom. The van der Waals surface area contributed by atoms with E-state index in [0.29, 0.717) is 28.3 Å². The standard InChI is InChI=1S/C24H29Cl2NO3/c1-3-27(20-9-6-18-15-21(29-2)10-7-17(18)14-20)12-4-5-13-30-24(28)19-8-11-22(25)23(26)16-19/h7-8,10-11,15-16,20H,3-6,9,12-14H2,1-2H3. The number of ether oxygens (including phenoxy) is 2. The van der Waals surface area contributed by atoms with Gasteiger partial charge in [-0.15, -0.1) is 0 Å². The fourth-order valence-electron chi connectivity index (χ4n) is 4.04. The minimum absolute atomic E-state index is 0.359. The van der Waals surface area contributed by atoms with Crippen molar-refractivity contribution in [1.29, 1.82) is 0 Å². The molecule has 1 atom stereocenters. The van der Waals surface area contributed by atoms with Crippen molar-refractivity contribution < 1.29 is 14.3 Å². The molecule has 2 aromatic rings. The molecule has 0 spiro atoms. The summed E-state index contributed by atoms with van der Waals surface area (Å²) < 4.78 is 10.7. The first-order chi connectivity index (χ1) is 14.5. The zero-order chi connectivity index (χ0) is 21.5. The lowest BCUT2D eigenvalue weighted by Crippen LogP contribution is -2.39. The molecule has 6 heteroatoms. The number of methoxy groups -OCH3 is 1. The van der Waals surface area contributed by atoms with Gasteiger partial charge in [0.2, 0.25) is 0 Å². The lowest BCUT2D eigenvalue weighted by Gasteiger charge is -2.34. The predicted octanol–water partition coefficient (Wildman–Crippen LogP) is 5.82. The van der Waals surface area contributed by atoms with Crippen LogP contribution >= 0.6 is 23.2 Å². The molecule has 0 heterocycles. The van der Waals surface area contributed by atoms with E-state index in [1.165, 1.54) is 17.5 Å². The maximum absolute atomic E-state index is 12.1. The second-order valence-electron chi connectivity index (χ2n) is 7.63. The first kappa shape index (κ1) is 22.9.